The third-order valence-corrected chi connectivity index (χ3v) is 3.58. The molecule has 6 nitrogen and oxygen atoms in total. The molecule has 0 saturated carbocycles. The first-order valence-electron chi connectivity index (χ1n) is 6.05. The number of halogens is 1. The molecule has 0 spiro atoms. The first-order chi connectivity index (χ1) is 10.0. The van der Waals surface area contributed by atoms with Crippen LogP contribution in [-0.4, -0.2) is 17.1 Å². The minimum absolute atomic E-state index is 0.0176. The van der Waals surface area contributed by atoms with Gasteiger partial charge in [-0.2, -0.15) is 0 Å². The molecule has 0 heterocycles. The summed E-state index contributed by atoms with van der Waals surface area (Å²) in [4.78, 5) is 10.3. The molecule has 0 atom stereocenters. The minimum Gasteiger partial charge on any atom is -0.504 e. The van der Waals surface area contributed by atoms with E-state index < -0.39 is 4.92 Å². The number of nitrogens with one attached hydrogen (secondary N) is 1. The maximum Gasteiger partial charge on any atom is 0.271 e. The van der Waals surface area contributed by atoms with Crippen molar-refractivity contribution in [1.29, 1.82) is 0 Å². The van der Waals surface area contributed by atoms with E-state index in [4.69, 9.17) is 4.74 Å². The van der Waals surface area contributed by atoms with Gasteiger partial charge >= 0.3 is 0 Å². The van der Waals surface area contributed by atoms with Crippen molar-refractivity contribution >= 4 is 27.3 Å². The maximum absolute atomic E-state index is 10.8. The molecular weight excluding hydrogens is 340 g/mol. The number of ether oxygens (including phenoxy) is 1. The van der Waals surface area contributed by atoms with Crippen molar-refractivity contribution in [2.45, 2.75) is 6.54 Å². The van der Waals surface area contributed by atoms with E-state index in [0.29, 0.717) is 18.0 Å². The molecular formula is C14H13BrN2O4. The van der Waals surface area contributed by atoms with Crippen LogP contribution < -0.4 is 10.1 Å². The molecule has 110 valence electrons. The standard InChI is InChI=1S/C14H13BrN2O4/c1-21-14-6-9(2-5-13(14)18)8-16-12-7-10(17(19)20)3-4-11(12)15/h2-7,16,18H,8H2,1H3. The summed E-state index contributed by atoms with van der Waals surface area (Å²) in [5.74, 6) is 0.449. The summed E-state index contributed by atoms with van der Waals surface area (Å²) in [6.07, 6.45) is 0. The number of aromatic hydroxyl groups is 1. The highest BCUT2D eigenvalue weighted by atomic mass is 79.9. The van der Waals surface area contributed by atoms with Crippen LogP contribution in [0, 0.1) is 10.1 Å². The van der Waals surface area contributed by atoms with Crippen molar-refractivity contribution in [2.24, 2.45) is 0 Å². The van der Waals surface area contributed by atoms with Crippen molar-refractivity contribution in [2.75, 3.05) is 12.4 Å². The normalized spacial score (nSPS) is 10.2. The van der Waals surface area contributed by atoms with Crippen LogP contribution in [0.1, 0.15) is 5.56 Å². The quantitative estimate of drug-likeness (QED) is 0.633. The second-order valence-electron chi connectivity index (χ2n) is 4.28. The SMILES string of the molecule is COc1cc(CNc2cc([N+](=O)[O-])ccc2Br)ccc1O. The largest absolute Gasteiger partial charge is 0.504 e. The van der Waals surface area contributed by atoms with Crippen LogP contribution in [0.25, 0.3) is 0 Å². The summed E-state index contributed by atoms with van der Waals surface area (Å²) in [5.41, 5.74) is 1.52. The van der Waals surface area contributed by atoms with Gasteiger partial charge in [-0.05, 0) is 39.7 Å². The van der Waals surface area contributed by atoms with Crippen molar-refractivity contribution in [3.63, 3.8) is 0 Å². The Labute approximate surface area is 129 Å². The van der Waals surface area contributed by atoms with E-state index in [2.05, 4.69) is 21.2 Å². The summed E-state index contributed by atoms with van der Waals surface area (Å²) in [6, 6.07) is 9.50. The molecule has 2 N–H and O–H groups in total. The highest BCUT2D eigenvalue weighted by Gasteiger charge is 2.09. The van der Waals surface area contributed by atoms with Gasteiger partial charge in [-0.25, -0.2) is 0 Å². The highest BCUT2D eigenvalue weighted by molar-refractivity contribution is 9.10. The molecule has 2 rings (SSSR count). The molecule has 0 aliphatic heterocycles. The van der Waals surface area contributed by atoms with E-state index in [0.717, 1.165) is 10.0 Å². The number of phenols is 1. The van der Waals surface area contributed by atoms with Crippen molar-refractivity contribution in [3.8, 4) is 11.5 Å². The fraction of sp³-hybridized carbons (Fsp3) is 0.143. The van der Waals surface area contributed by atoms with E-state index in [1.807, 2.05) is 0 Å². The van der Waals surface area contributed by atoms with Crippen LogP contribution in [0.4, 0.5) is 11.4 Å². The molecule has 0 fully saturated rings. The third-order valence-electron chi connectivity index (χ3n) is 2.89. The lowest BCUT2D eigenvalue weighted by Crippen LogP contribution is -2.01. The Morgan fingerprint density at radius 3 is 2.76 bits per heavy atom. The predicted molar refractivity (Wildman–Crippen MR) is 82.8 cm³/mol. The number of phenolic OH excluding ortho intramolecular Hbond substituents is 1. The summed E-state index contributed by atoms with van der Waals surface area (Å²) >= 11 is 3.34. The fourth-order valence-corrected chi connectivity index (χ4v) is 2.18. The van der Waals surface area contributed by atoms with E-state index in [-0.39, 0.29) is 11.4 Å². The average Bonchev–Trinajstić information content (AvgIpc) is 2.47. The van der Waals surface area contributed by atoms with Crippen molar-refractivity contribution in [1.82, 2.24) is 0 Å². The average molecular weight is 353 g/mol. The smallest absolute Gasteiger partial charge is 0.271 e. The molecule has 0 saturated heterocycles. The Bertz CT molecular complexity index is 676. The number of nitro groups is 1. The Morgan fingerprint density at radius 1 is 1.33 bits per heavy atom. The zero-order valence-corrected chi connectivity index (χ0v) is 12.8. The Balaban J connectivity index is 2.16. The minimum atomic E-state index is -0.443. The molecule has 0 aromatic heterocycles. The van der Waals surface area contributed by atoms with Gasteiger partial charge in [-0.3, -0.25) is 10.1 Å². The zero-order valence-electron chi connectivity index (χ0n) is 11.2. The van der Waals surface area contributed by atoms with E-state index >= 15 is 0 Å². The lowest BCUT2D eigenvalue weighted by atomic mass is 10.2. The van der Waals surface area contributed by atoms with Crippen LogP contribution in [0.3, 0.4) is 0 Å². The number of non-ortho nitro benzene ring substituents is 1. The molecule has 2 aromatic carbocycles. The number of nitrogens with zero attached hydrogens (tertiary/aromatic N) is 1. The number of methoxy groups -OCH3 is 1. The lowest BCUT2D eigenvalue weighted by Gasteiger charge is -2.10. The number of hydrogen-bond acceptors (Lipinski definition) is 5. The van der Waals surface area contributed by atoms with Crippen LogP contribution in [0.15, 0.2) is 40.9 Å². The molecule has 7 heteroatoms. The highest BCUT2D eigenvalue weighted by Crippen LogP contribution is 2.29. The molecule has 0 amide bonds. The maximum atomic E-state index is 10.8. The number of hydrogen-bond donors (Lipinski definition) is 2. The van der Waals surface area contributed by atoms with Gasteiger partial charge in [0.1, 0.15) is 0 Å². The second-order valence-corrected chi connectivity index (χ2v) is 5.14. The third kappa shape index (κ3) is 3.63. The zero-order chi connectivity index (χ0) is 15.4. The Hall–Kier alpha value is -2.28. The summed E-state index contributed by atoms with van der Waals surface area (Å²) in [6.45, 7) is 0.441. The Kier molecular flexibility index (Phi) is 4.64. The van der Waals surface area contributed by atoms with Gasteiger partial charge in [0.05, 0.1) is 17.7 Å². The summed E-state index contributed by atoms with van der Waals surface area (Å²) < 4.78 is 5.77. The van der Waals surface area contributed by atoms with Gasteiger partial charge < -0.3 is 15.2 Å². The topological polar surface area (TPSA) is 84.6 Å². The molecule has 0 unspecified atom stereocenters. The first kappa shape index (κ1) is 15.1. The number of nitro benzene ring substituents is 1. The Morgan fingerprint density at radius 2 is 2.10 bits per heavy atom. The molecule has 0 aliphatic carbocycles. The van der Waals surface area contributed by atoms with Crippen LogP contribution >= 0.6 is 15.9 Å². The molecule has 0 bridgehead atoms. The lowest BCUT2D eigenvalue weighted by molar-refractivity contribution is -0.384. The van der Waals surface area contributed by atoms with Crippen LogP contribution in [0.2, 0.25) is 0 Å². The summed E-state index contributed by atoms with van der Waals surface area (Å²) in [7, 11) is 1.48. The van der Waals surface area contributed by atoms with Crippen molar-refractivity contribution < 1.29 is 14.8 Å². The first-order valence-corrected chi connectivity index (χ1v) is 6.84. The molecule has 2 aromatic rings. The molecule has 0 radical (unpaired) electrons. The second kappa shape index (κ2) is 6.45. The number of benzene rings is 2. The van der Waals surface area contributed by atoms with Gasteiger partial charge in [-0.1, -0.05) is 6.07 Å². The monoisotopic (exact) mass is 352 g/mol. The number of rotatable bonds is 5. The van der Waals surface area contributed by atoms with Gasteiger partial charge in [0.15, 0.2) is 11.5 Å². The van der Waals surface area contributed by atoms with Gasteiger partial charge in [0.25, 0.3) is 5.69 Å². The fourth-order valence-electron chi connectivity index (χ4n) is 1.79. The summed E-state index contributed by atoms with van der Waals surface area (Å²) in [5, 5.41) is 23.4. The van der Waals surface area contributed by atoms with Gasteiger partial charge in [-0.15, -0.1) is 0 Å². The van der Waals surface area contributed by atoms with E-state index in [1.54, 1.807) is 24.3 Å². The van der Waals surface area contributed by atoms with Crippen LogP contribution in [-0.2, 0) is 6.54 Å². The van der Waals surface area contributed by atoms with Gasteiger partial charge in [0.2, 0.25) is 0 Å². The number of anilines is 1. The molecule has 0 aliphatic rings. The van der Waals surface area contributed by atoms with Crippen molar-refractivity contribution in [3.05, 3.63) is 56.5 Å². The van der Waals surface area contributed by atoms with E-state index in [1.165, 1.54) is 19.2 Å². The predicted octanol–water partition coefficient (Wildman–Crippen LogP) is 3.68. The van der Waals surface area contributed by atoms with Gasteiger partial charge in [0, 0.05) is 23.2 Å². The van der Waals surface area contributed by atoms with E-state index in [9.17, 15) is 15.2 Å². The van der Waals surface area contributed by atoms with Crippen LogP contribution in [0.5, 0.6) is 11.5 Å². The molecule has 21 heavy (non-hydrogen) atoms.